The Labute approximate surface area is 84.4 Å². The lowest BCUT2D eigenvalue weighted by Gasteiger charge is -2.06. The van der Waals surface area contributed by atoms with Gasteiger partial charge >= 0.3 is 0 Å². The number of rotatable bonds is 5. The molecule has 0 aromatic carbocycles. The molecule has 0 bridgehead atoms. The third-order valence-electron chi connectivity index (χ3n) is 1.83. The van der Waals surface area contributed by atoms with Crippen LogP contribution >= 0.6 is 11.3 Å². The summed E-state index contributed by atoms with van der Waals surface area (Å²) in [5, 5.41) is 2.24. The van der Waals surface area contributed by atoms with Crippen LogP contribution in [0.3, 0.4) is 0 Å². The molecule has 1 heterocycles. The second-order valence-corrected chi connectivity index (χ2v) is 4.55. The van der Waals surface area contributed by atoms with E-state index >= 15 is 0 Å². The first-order valence-corrected chi connectivity index (χ1v) is 5.51. The normalized spacial score (nSPS) is 11.1. The van der Waals surface area contributed by atoms with E-state index in [0.29, 0.717) is 0 Å². The summed E-state index contributed by atoms with van der Waals surface area (Å²) in [5.74, 6) is 0. The molecule has 74 valence electrons. The topological polar surface area (TPSA) is 29.3 Å². The molecule has 0 unspecified atom stereocenters. The predicted molar refractivity (Wildman–Crippen MR) is 59.1 cm³/mol. The molecule has 0 aliphatic carbocycles. The fourth-order valence-electron chi connectivity index (χ4n) is 1.28. The molecule has 1 aromatic heterocycles. The molecular weight excluding hydrogens is 180 g/mol. The van der Waals surface area contributed by atoms with E-state index in [4.69, 9.17) is 5.73 Å². The Morgan fingerprint density at radius 1 is 1.46 bits per heavy atom. The lowest BCUT2D eigenvalue weighted by Crippen LogP contribution is -2.09. The van der Waals surface area contributed by atoms with Crippen molar-refractivity contribution in [2.45, 2.75) is 19.4 Å². The summed E-state index contributed by atoms with van der Waals surface area (Å²) >= 11 is 1.85. The van der Waals surface area contributed by atoms with Gasteiger partial charge in [-0.1, -0.05) is 0 Å². The number of nitrogens with zero attached hydrogens (tertiary/aromatic N) is 1. The van der Waals surface area contributed by atoms with Crippen molar-refractivity contribution in [3.8, 4) is 0 Å². The van der Waals surface area contributed by atoms with Gasteiger partial charge in [0.25, 0.3) is 0 Å². The Morgan fingerprint density at radius 3 is 2.85 bits per heavy atom. The SMILES string of the molecule is CN(C)Cc1csc(CCCN)c1. The van der Waals surface area contributed by atoms with Crippen LogP contribution in [0.5, 0.6) is 0 Å². The first kappa shape index (κ1) is 10.7. The molecule has 2 nitrogen and oxygen atoms in total. The monoisotopic (exact) mass is 198 g/mol. The largest absolute Gasteiger partial charge is 0.330 e. The summed E-state index contributed by atoms with van der Waals surface area (Å²) in [4.78, 5) is 3.65. The minimum absolute atomic E-state index is 0.793. The van der Waals surface area contributed by atoms with Crippen LogP contribution in [-0.4, -0.2) is 25.5 Å². The molecule has 1 aromatic rings. The van der Waals surface area contributed by atoms with Crippen LogP contribution in [0.1, 0.15) is 16.9 Å². The number of hydrogen-bond acceptors (Lipinski definition) is 3. The van der Waals surface area contributed by atoms with Crippen LogP contribution < -0.4 is 5.73 Å². The Balaban J connectivity index is 2.44. The van der Waals surface area contributed by atoms with Crippen LogP contribution in [-0.2, 0) is 13.0 Å². The van der Waals surface area contributed by atoms with Crippen LogP contribution in [0.15, 0.2) is 11.4 Å². The number of thiophene rings is 1. The summed E-state index contributed by atoms with van der Waals surface area (Å²) in [7, 11) is 4.19. The van der Waals surface area contributed by atoms with E-state index < -0.39 is 0 Å². The Kier molecular flexibility index (Phi) is 4.42. The molecule has 13 heavy (non-hydrogen) atoms. The minimum atomic E-state index is 0.793. The van der Waals surface area contributed by atoms with Crippen LogP contribution in [0.2, 0.25) is 0 Å². The van der Waals surface area contributed by atoms with E-state index in [2.05, 4.69) is 30.4 Å². The van der Waals surface area contributed by atoms with Crippen molar-refractivity contribution in [1.29, 1.82) is 0 Å². The average molecular weight is 198 g/mol. The summed E-state index contributed by atoms with van der Waals surface area (Å²) in [6.45, 7) is 1.83. The minimum Gasteiger partial charge on any atom is -0.330 e. The molecule has 0 aliphatic rings. The zero-order valence-electron chi connectivity index (χ0n) is 8.42. The zero-order chi connectivity index (χ0) is 9.68. The summed E-state index contributed by atoms with van der Waals surface area (Å²) in [6.07, 6.45) is 2.23. The van der Waals surface area contributed by atoms with Gasteiger partial charge < -0.3 is 10.6 Å². The van der Waals surface area contributed by atoms with Gasteiger partial charge in [0.1, 0.15) is 0 Å². The smallest absolute Gasteiger partial charge is 0.0235 e. The molecule has 3 heteroatoms. The van der Waals surface area contributed by atoms with Gasteiger partial charge in [0, 0.05) is 11.4 Å². The molecule has 0 atom stereocenters. The van der Waals surface area contributed by atoms with Gasteiger partial charge in [0.15, 0.2) is 0 Å². The Morgan fingerprint density at radius 2 is 2.23 bits per heavy atom. The third-order valence-corrected chi connectivity index (χ3v) is 2.88. The highest BCUT2D eigenvalue weighted by molar-refractivity contribution is 7.10. The van der Waals surface area contributed by atoms with Crippen molar-refractivity contribution < 1.29 is 0 Å². The van der Waals surface area contributed by atoms with Crippen LogP contribution in [0.25, 0.3) is 0 Å². The second kappa shape index (κ2) is 5.37. The Bertz CT molecular complexity index is 243. The quantitative estimate of drug-likeness (QED) is 0.780. The maximum absolute atomic E-state index is 5.46. The molecule has 0 fully saturated rings. The second-order valence-electron chi connectivity index (χ2n) is 3.55. The van der Waals surface area contributed by atoms with E-state index in [0.717, 1.165) is 25.9 Å². The van der Waals surface area contributed by atoms with Gasteiger partial charge in [0.2, 0.25) is 0 Å². The molecule has 0 saturated heterocycles. The molecule has 0 aliphatic heterocycles. The highest BCUT2D eigenvalue weighted by Gasteiger charge is 2.00. The lowest BCUT2D eigenvalue weighted by molar-refractivity contribution is 0.403. The van der Waals surface area contributed by atoms with Gasteiger partial charge in [-0.05, 0) is 50.5 Å². The first-order valence-electron chi connectivity index (χ1n) is 4.63. The summed E-state index contributed by atoms with van der Waals surface area (Å²) < 4.78 is 0. The van der Waals surface area contributed by atoms with E-state index in [1.54, 1.807) is 0 Å². The van der Waals surface area contributed by atoms with Crippen molar-refractivity contribution in [3.05, 3.63) is 21.9 Å². The number of nitrogens with two attached hydrogens (primary N) is 1. The van der Waals surface area contributed by atoms with Gasteiger partial charge in [-0.3, -0.25) is 0 Å². The van der Waals surface area contributed by atoms with E-state index in [1.807, 2.05) is 11.3 Å². The van der Waals surface area contributed by atoms with Gasteiger partial charge in [0.05, 0.1) is 0 Å². The molecule has 0 amide bonds. The highest BCUT2D eigenvalue weighted by Crippen LogP contribution is 2.16. The summed E-state index contributed by atoms with van der Waals surface area (Å²) in [6, 6.07) is 2.29. The van der Waals surface area contributed by atoms with Crippen molar-refractivity contribution in [2.75, 3.05) is 20.6 Å². The Hall–Kier alpha value is -0.380. The lowest BCUT2D eigenvalue weighted by atomic mass is 10.2. The van der Waals surface area contributed by atoms with E-state index in [9.17, 15) is 0 Å². The third kappa shape index (κ3) is 3.89. The van der Waals surface area contributed by atoms with Crippen molar-refractivity contribution in [1.82, 2.24) is 4.90 Å². The fraction of sp³-hybridized carbons (Fsp3) is 0.600. The highest BCUT2D eigenvalue weighted by atomic mass is 32.1. The zero-order valence-corrected chi connectivity index (χ0v) is 9.23. The van der Waals surface area contributed by atoms with E-state index in [1.165, 1.54) is 10.4 Å². The van der Waals surface area contributed by atoms with Gasteiger partial charge in [-0.15, -0.1) is 11.3 Å². The van der Waals surface area contributed by atoms with Gasteiger partial charge in [-0.25, -0.2) is 0 Å². The maximum Gasteiger partial charge on any atom is 0.0235 e. The average Bonchev–Trinajstić information content (AvgIpc) is 2.48. The molecule has 0 spiro atoms. The standard InChI is InChI=1S/C10H18N2S/c1-12(2)7-9-6-10(13-8-9)4-3-5-11/h6,8H,3-5,7,11H2,1-2H3. The van der Waals surface area contributed by atoms with Crippen LogP contribution in [0.4, 0.5) is 0 Å². The predicted octanol–water partition coefficient (Wildman–Crippen LogP) is 1.70. The van der Waals surface area contributed by atoms with Crippen molar-refractivity contribution in [2.24, 2.45) is 5.73 Å². The summed E-state index contributed by atoms with van der Waals surface area (Å²) in [5.41, 5.74) is 6.88. The number of hydrogen-bond donors (Lipinski definition) is 1. The maximum atomic E-state index is 5.46. The molecule has 0 radical (unpaired) electrons. The fourth-order valence-corrected chi connectivity index (χ4v) is 2.21. The first-order chi connectivity index (χ1) is 6.22. The molecule has 2 N–H and O–H groups in total. The van der Waals surface area contributed by atoms with Crippen molar-refractivity contribution >= 4 is 11.3 Å². The molecular formula is C10H18N2S. The molecule has 1 rings (SSSR count). The van der Waals surface area contributed by atoms with Crippen molar-refractivity contribution in [3.63, 3.8) is 0 Å². The number of aryl methyl sites for hydroxylation is 1. The van der Waals surface area contributed by atoms with Gasteiger partial charge in [-0.2, -0.15) is 0 Å². The van der Waals surface area contributed by atoms with E-state index in [-0.39, 0.29) is 0 Å². The van der Waals surface area contributed by atoms with Crippen LogP contribution in [0, 0.1) is 0 Å². The molecule has 0 saturated carbocycles.